The second kappa shape index (κ2) is 9.54. The number of amides is 1. The third kappa shape index (κ3) is 4.75. The molecule has 2 aliphatic heterocycles. The summed E-state index contributed by atoms with van der Waals surface area (Å²) in [6, 6.07) is 20.8. The highest BCUT2D eigenvalue weighted by atomic mass is 16.5. The number of hydrogen-bond donors (Lipinski definition) is 1. The van der Waals surface area contributed by atoms with Crippen LogP contribution in [0.2, 0.25) is 0 Å². The van der Waals surface area contributed by atoms with Gasteiger partial charge in [0.1, 0.15) is 6.04 Å². The van der Waals surface area contributed by atoms with E-state index in [9.17, 15) is 4.79 Å². The third-order valence-electron chi connectivity index (χ3n) is 6.73. The van der Waals surface area contributed by atoms with Gasteiger partial charge in [-0.3, -0.25) is 15.1 Å². The Balaban J connectivity index is 1.45. The summed E-state index contributed by atoms with van der Waals surface area (Å²) in [5.41, 5.74) is 9.66. The van der Waals surface area contributed by atoms with Gasteiger partial charge in [-0.05, 0) is 61.5 Å². The van der Waals surface area contributed by atoms with Crippen molar-refractivity contribution in [2.75, 3.05) is 19.6 Å². The molecule has 0 spiro atoms. The van der Waals surface area contributed by atoms with Gasteiger partial charge in [-0.25, -0.2) is 5.01 Å². The molecule has 0 bridgehead atoms. The Kier molecular flexibility index (Phi) is 6.34. The zero-order chi connectivity index (χ0) is 22.8. The van der Waals surface area contributed by atoms with Crippen LogP contribution in [0, 0.1) is 0 Å². The van der Waals surface area contributed by atoms with E-state index in [1.54, 1.807) is 0 Å². The summed E-state index contributed by atoms with van der Waals surface area (Å²) in [7, 11) is 0. The van der Waals surface area contributed by atoms with Gasteiger partial charge in [0.15, 0.2) is 0 Å². The Bertz CT molecular complexity index is 1040. The number of hydrogen-bond acceptors (Lipinski definition) is 4. The summed E-state index contributed by atoms with van der Waals surface area (Å²) in [5, 5.41) is 1.88. The molecule has 1 fully saturated rings. The number of rotatable bonds is 4. The first kappa shape index (κ1) is 21.9. The summed E-state index contributed by atoms with van der Waals surface area (Å²) in [4.78, 5) is 15.9. The lowest BCUT2D eigenvalue weighted by atomic mass is 9.86. The van der Waals surface area contributed by atoms with Gasteiger partial charge in [0.25, 0.3) is 5.91 Å². The van der Waals surface area contributed by atoms with Crippen molar-refractivity contribution in [2.24, 2.45) is 0 Å². The fraction of sp³-hybridized carbons (Fsp3) is 0.393. The zero-order valence-corrected chi connectivity index (χ0v) is 19.5. The number of allylic oxidation sites excluding steroid dienone is 1. The Hall–Kier alpha value is -2.89. The molecule has 2 aromatic carbocycles. The van der Waals surface area contributed by atoms with E-state index in [4.69, 9.17) is 4.74 Å². The lowest BCUT2D eigenvalue weighted by Crippen LogP contribution is -2.51. The standard InChI is InChI=1S/C28H33N3O2/c1-20-17-30(18-21(2)33-20)19-26(32)31-28(23-12-7-4-8-13-23)25-15-9-14-24(27(25)29-31)16-22-10-5-3-6-11-22/h3-8,10-13,16,20-21,28-29H,9,14-15,17-19H2,1-2H3/b24-16+/t20-,21+,28-/m1/s1. The zero-order valence-electron chi connectivity index (χ0n) is 19.5. The van der Waals surface area contributed by atoms with Gasteiger partial charge in [0, 0.05) is 13.1 Å². The number of ether oxygens (including phenoxy) is 1. The Morgan fingerprint density at radius 2 is 1.67 bits per heavy atom. The van der Waals surface area contributed by atoms with Crippen molar-refractivity contribution in [2.45, 2.75) is 51.4 Å². The first-order chi connectivity index (χ1) is 16.1. The van der Waals surface area contributed by atoms with E-state index in [1.165, 1.54) is 16.7 Å². The monoisotopic (exact) mass is 443 g/mol. The van der Waals surface area contributed by atoms with E-state index in [-0.39, 0.29) is 24.2 Å². The number of nitrogens with zero attached hydrogens (tertiary/aromatic N) is 2. The van der Waals surface area contributed by atoms with Crippen molar-refractivity contribution in [1.82, 2.24) is 15.3 Å². The Morgan fingerprint density at radius 1 is 1.00 bits per heavy atom. The Labute approximate surface area is 196 Å². The van der Waals surface area contributed by atoms with E-state index >= 15 is 0 Å². The molecule has 1 saturated heterocycles. The predicted molar refractivity (Wildman–Crippen MR) is 131 cm³/mol. The van der Waals surface area contributed by atoms with Gasteiger partial charge in [-0.1, -0.05) is 60.7 Å². The first-order valence-electron chi connectivity index (χ1n) is 12.1. The van der Waals surface area contributed by atoms with Gasteiger partial charge in [-0.2, -0.15) is 0 Å². The van der Waals surface area contributed by atoms with Gasteiger partial charge >= 0.3 is 0 Å². The lowest BCUT2D eigenvalue weighted by Gasteiger charge is -2.36. The number of benzene rings is 2. The molecule has 172 valence electrons. The SMILES string of the molecule is C[C@@H]1CN(CC(=O)N2NC3=C(CCC/C3=C\c3ccccc3)[C@H]2c2ccccc2)C[C@H](C)O1. The quantitative estimate of drug-likeness (QED) is 0.744. The molecular formula is C28H33N3O2. The third-order valence-corrected chi connectivity index (χ3v) is 6.73. The maximum atomic E-state index is 13.7. The van der Waals surface area contributed by atoms with Crippen LogP contribution < -0.4 is 5.43 Å². The molecule has 3 atom stereocenters. The van der Waals surface area contributed by atoms with Gasteiger partial charge in [0.2, 0.25) is 0 Å². The average molecular weight is 444 g/mol. The van der Waals surface area contributed by atoms with Crippen LogP contribution in [0.4, 0.5) is 0 Å². The van der Waals surface area contributed by atoms with Crippen molar-refractivity contribution in [3.05, 3.63) is 88.6 Å². The molecule has 3 aliphatic rings. The van der Waals surface area contributed by atoms with Gasteiger partial charge in [0.05, 0.1) is 24.4 Å². The van der Waals surface area contributed by atoms with Crippen molar-refractivity contribution >= 4 is 12.0 Å². The molecule has 0 saturated carbocycles. The topological polar surface area (TPSA) is 44.8 Å². The largest absolute Gasteiger partial charge is 0.373 e. The van der Waals surface area contributed by atoms with Crippen LogP contribution in [0.3, 0.4) is 0 Å². The fourth-order valence-corrected chi connectivity index (χ4v) is 5.45. The van der Waals surface area contributed by atoms with Crippen molar-refractivity contribution in [3.8, 4) is 0 Å². The summed E-state index contributed by atoms with van der Waals surface area (Å²) in [6.07, 6.45) is 5.67. The highest BCUT2D eigenvalue weighted by Crippen LogP contribution is 2.43. The van der Waals surface area contributed by atoms with E-state index in [1.807, 2.05) is 17.1 Å². The summed E-state index contributed by atoms with van der Waals surface area (Å²) >= 11 is 0. The molecule has 2 aromatic rings. The summed E-state index contributed by atoms with van der Waals surface area (Å²) in [5.74, 6) is 0.110. The molecule has 1 aliphatic carbocycles. The average Bonchev–Trinajstić information content (AvgIpc) is 3.21. The van der Waals surface area contributed by atoms with Crippen LogP contribution in [0.15, 0.2) is 77.5 Å². The molecule has 0 radical (unpaired) electrons. The lowest BCUT2D eigenvalue weighted by molar-refractivity contribution is -0.139. The van der Waals surface area contributed by atoms with E-state index < -0.39 is 0 Å². The maximum Gasteiger partial charge on any atom is 0.255 e. The van der Waals surface area contributed by atoms with Crippen LogP contribution in [0.1, 0.15) is 50.3 Å². The molecule has 1 amide bonds. The normalized spacial score (nSPS) is 26.9. The summed E-state index contributed by atoms with van der Waals surface area (Å²) in [6.45, 7) is 6.12. The van der Waals surface area contributed by atoms with Crippen LogP contribution in [-0.4, -0.2) is 47.7 Å². The molecule has 0 unspecified atom stereocenters. The summed E-state index contributed by atoms with van der Waals surface area (Å²) < 4.78 is 5.86. The van der Waals surface area contributed by atoms with E-state index in [0.29, 0.717) is 6.54 Å². The number of nitrogens with one attached hydrogen (secondary N) is 1. The number of carbonyl (C=O) groups is 1. The molecule has 0 aromatic heterocycles. The van der Waals surface area contributed by atoms with Gasteiger partial charge in [-0.15, -0.1) is 0 Å². The second-order valence-electron chi connectivity index (χ2n) is 9.47. The van der Waals surface area contributed by atoms with Crippen LogP contribution in [0.5, 0.6) is 0 Å². The van der Waals surface area contributed by atoms with Gasteiger partial charge < -0.3 is 4.74 Å². The smallest absolute Gasteiger partial charge is 0.255 e. The molecule has 5 rings (SSSR count). The molecule has 2 heterocycles. The van der Waals surface area contributed by atoms with E-state index in [2.05, 4.69) is 78.8 Å². The van der Waals surface area contributed by atoms with Crippen molar-refractivity contribution in [1.29, 1.82) is 0 Å². The highest BCUT2D eigenvalue weighted by molar-refractivity contribution is 5.80. The van der Waals surface area contributed by atoms with Crippen molar-refractivity contribution < 1.29 is 9.53 Å². The minimum absolute atomic E-state index is 0.0657. The maximum absolute atomic E-state index is 13.7. The Morgan fingerprint density at radius 3 is 2.36 bits per heavy atom. The van der Waals surface area contributed by atoms with Crippen LogP contribution in [-0.2, 0) is 9.53 Å². The van der Waals surface area contributed by atoms with E-state index in [0.717, 1.165) is 43.6 Å². The van der Waals surface area contributed by atoms with Crippen LogP contribution in [0.25, 0.3) is 6.08 Å². The fourth-order valence-electron chi connectivity index (χ4n) is 5.45. The molecule has 5 heteroatoms. The van der Waals surface area contributed by atoms with Crippen molar-refractivity contribution in [3.63, 3.8) is 0 Å². The number of morpholine rings is 1. The number of carbonyl (C=O) groups excluding carboxylic acids is 1. The molecular weight excluding hydrogens is 410 g/mol. The minimum Gasteiger partial charge on any atom is -0.373 e. The second-order valence-corrected chi connectivity index (χ2v) is 9.47. The van der Waals surface area contributed by atoms with Crippen LogP contribution >= 0.6 is 0 Å². The predicted octanol–water partition coefficient (Wildman–Crippen LogP) is 4.71. The molecule has 1 N–H and O–H groups in total. The highest BCUT2D eigenvalue weighted by Gasteiger charge is 2.39. The number of hydrazine groups is 1. The minimum atomic E-state index is -0.0657. The molecule has 33 heavy (non-hydrogen) atoms. The molecule has 5 nitrogen and oxygen atoms in total. The first-order valence-corrected chi connectivity index (χ1v) is 12.1.